The number of hydrogen-bond acceptors (Lipinski definition) is 5. The number of piperazine rings is 1. The molecule has 0 N–H and O–H groups in total. The highest BCUT2D eigenvalue weighted by Gasteiger charge is 2.23. The molecular weight excluding hydrogens is 459 g/mol. The lowest BCUT2D eigenvalue weighted by molar-refractivity contribution is 0.0746. The molecule has 0 unspecified atom stereocenters. The number of benzene rings is 3. The van der Waals surface area contributed by atoms with Crippen LogP contribution in [0.2, 0.25) is 0 Å². The fourth-order valence-electron chi connectivity index (χ4n) is 4.15. The minimum atomic E-state index is -0.225. The maximum atomic E-state index is 14.1. The molecule has 1 aliphatic rings. The van der Waals surface area contributed by atoms with Crippen LogP contribution in [0.4, 0.5) is 10.1 Å². The van der Waals surface area contributed by atoms with Gasteiger partial charge in [0.25, 0.3) is 5.91 Å². The van der Waals surface area contributed by atoms with Gasteiger partial charge in [0.1, 0.15) is 10.8 Å². The molecule has 3 aromatic carbocycles. The molecule has 0 spiro atoms. The first-order chi connectivity index (χ1) is 17.2. The van der Waals surface area contributed by atoms with Crippen molar-refractivity contribution >= 4 is 23.4 Å². The Bertz CT molecular complexity index is 1290. The summed E-state index contributed by atoms with van der Waals surface area (Å²) >= 11 is 1.59. The van der Waals surface area contributed by atoms with Gasteiger partial charge in [0, 0.05) is 43.1 Å². The number of carbonyl (C=O) groups is 1. The van der Waals surface area contributed by atoms with Gasteiger partial charge in [-0.25, -0.2) is 4.39 Å². The fourth-order valence-corrected chi connectivity index (χ4v) is 4.91. The smallest absolute Gasteiger partial charge is 0.253 e. The summed E-state index contributed by atoms with van der Waals surface area (Å²) in [5.41, 5.74) is 4.21. The molecule has 7 heteroatoms. The predicted molar refractivity (Wildman–Crippen MR) is 138 cm³/mol. The second kappa shape index (κ2) is 10.7. The number of aromatic nitrogens is 2. The minimum Gasteiger partial charge on any atom is -0.366 e. The summed E-state index contributed by atoms with van der Waals surface area (Å²) in [7, 11) is 0. The third kappa shape index (κ3) is 5.52. The molecule has 176 valence electrons. The van der Waals surface area contributed by atoms with Gasteiger partial charge < -0.3 is 9.80 Å². The van der Waals surface area contributed by atoms with Crippen LogP contribution in [-0.2, 0) is 5.75 Å². The maximum Gasteiger partial charge on any atom is 0.253 e. The molecular formula is C28H25FN4OS. The zero-order chi connectivity index (χ0) is 24.0. The van der Waals surface area contributed by atoms with Crippen molar-refractivity contribution in [3.05, 3.63) is 108 Å². The fraction of sp³-hybridized carbons (Fsp3) is 0.179. The second-order valence-electron chi connectivity index (χ2n) is 8.34. The van der Waals surface area contributed by atoms with Crippen molar-refractivity contribution in [1.29, 1.82) is 0 Å². The quantitative estimate of drug-likeness (QED) is 0.337. The molecule has 1 aliphatic heterocycles. The third-order valence-corrected chi connectivity index (χ3v) is 7.02. The Labute approximate surface area is 208 Å². The maximum absolute atomic E-state index is 14.1. The van der Waals surface area contributed by atoms with E-state index < -0.39 is 0 Å². The van der Waals surface area contributed by atoms with Gasteiger partial charge in [-0.2, -0.15) is 0 Å². The summed E-state index contributed by atoms with van der Waals surface area (Å²) in [6, 6.07) is 28.5. The molecule has 0 saturated carbocycles. The van der Waals surface area contributed by atoms with Crippen LogP contribution in [-0.4, -0.2) is 47.2 Å². The van der Waals surface area contributed by atoms with Crippen LogP contribution in [0.15, 0.2) is 96.0 Å². The van der Waals surface area contributed by atoms with E-state index >= 15 is 0 Å². The molecule has 5 rings (SSSR count). The number of anilines is 1. The summed E-state index contributed by atoms with van der Waals surface area (Å²) < 4.78 is 14.1. The van der Waals surface area contributed by atoms with Crippen molar-refractivity contribution in [2.45, 2.75) is 10.8 Å². The largest absolute Gasteiger partial charge is 0.366 e. The van der Waals surface area contributed by atoms with Crippen molar-refractivity contribution < 1.29 is 9.18 Å². The molecule has 0 radical (unpaired) electrons. The first-order valence-electron chi connectivity index (χ1n) is 11.6. The number of halogens is 1. The van der Waals surface area contributed by atoms with Gasteiger partial charge in [-0.05, 0) is 42.0 Å². The second-order valence-corrected chi connectivity index (χ2v) is 9.34. The van der Waals surface area contributed by atoms with E-state index in [-0.39, 0.29) is 11.7 Å². The van der Waals surface area contributed by atoms with Crippen molar-refractivity contribution in [2.24, 2.45) is 0 Å². The Morgan fingerprint density at radius 1 is 0.829 bits per heavy atom. The molecule has 5 nitrogen and oxygen atoms in total. The van der Waals surface area contributed by atoms with Crippen LogP contribution in [0.25, 0.3) is 11.3 Å². The Kier molecular flexibility index (Phi) is 7.04. The zero-order valence-electron chi connectivity index (χ0n) is 19.2. The molecule has 0 aliphatic carbocycles. The Morgan fingerprint density at radius 2 is 1.60 bits per heavy atom. The number of para-hydroxylation sites is 1. The van der Waals surface area contributed by atoms with Crippen molar-refractivity contribution in [1.82, 2.24) is 15.1 Å². The van der Waals surface area contributed by atoms with E-state index in [1.807, 2.05) is 82.6 Å². The number of rotatable bonds is 6. The SMILES string of the molecule is O=C(c1cccc(CSc2ccc(-c3ccccc3)nn2)c1)N1CCN(c2ccccc2F)CC1. The first kappa shape index (κ1) is 23.1. The molecule has 35 heavy (non-hydrogen) atoms. The first-order valence-corrected chi connectivity index (χ1v) is 12.6. The van der Waals surface area contributed by atoms with Gasteiger partial charge in [0.2, 0.25) is 0 Å². The van der Waals surface area contributed by atoms with Crippen LogP contribution in [0.1, 0.15) is 15.9 Å². The van der Waals surface area contributed by atoms with E-state index in [1.165, 1.54) is 6.07 Å². The monoisotopic (exact) mass is 484 g/mol. The van der Waals surface area contributed by atoms with Crippen LogP contribution in [0.5, 0.6) is 0 Å². The average molecular weight is 485 g/mol. The van der Waals surface area contributed by atoms with Crippen LogP contribution >= 0.6 is 11.8 Å². The number of carbonyl (C=O) groups excluding carboxylic acids is 1. The van der Waals surface area contributed by atoms with E-state index in [1.54, 1.807) is 23.9 Å². The van der Waals surface area contributed by atoms with Crippen LogP contribution in [0.3, 0.4) is 0 Å². The van der Waals surface area contributed by atoms with E-state index in [2.05, 4.69) is 10.2 Å². The molecule has 0 atom stereocenters. The van der Waals surface area contributed by atoms with Gasteiger partial charge in [-0.1, -0.05) is 66.4 Å². The number of nitrogens with zero attached hydrogens (tertiary/aromatic N) is 4. The summed E-state index contributed by atoms with van der Waals surface area (Å²) in [5.74, 6) is 0.482. The lowest BCUT2D eigenvalue weighted by Crippen LogP contribution is -2.49. The summed E-state index contributed by atoms with van der Waals surface area (Å²) in [5, 5.41) is 9.53. The Balaban J connectivity index is 1.18. The summed E-state index contributed by atoms with van der Waals surface area (Å²) in [6.07, 6.45) is 0. The van der Waals surface area contributed by atoms with Gasteiger partial charge in [0.15, 0.2) is 0 Å². The molecule has 1 amide bonds. The topological polar surface area (TPSA) is 49.3 Å². The average Bonchev–Trinajstić information content (AvgIpc) is 2.93. The molecule has 2 heterocycles. The molecule has 0 bridgehead atoms. The normalized spacial score (nSPS) is 13.6. The Hall–Kier alpha value is -3.71. The predicted octanol–water partition coefficient (Wildman–Crippen LogP) is 5.54. The van der Waals surface area contributed by atoms with Gasteiger partial charge >= 0.3 is 0 Å². The van der Waals surface area contributed by atoms with Gasteiger partial charge in [-0.3, -0.25) is 4.79 Å². The van der Waals surface area contributed by atoms with E-state index in [0.717, 1.165) is 21.8 Å². The highest BCUT2D eigenvalue weighted by atomic mass is 32.2. The lowest BCUT2D eigenvalue weighted by Gasteiger charge is -2.36. The van der Waals surface area contributed by atoms with Crippen molar-refractivity contribution in [3.8, 4) is 11.3 Å². The standard InChI is InChI=1S/C28H25FN4OS/c29-24-11-4-5-12-26(24)32-15-17-33(18-16-32)28(34)23-10-6-7-21(19-23)20-35-27-14-13-25(30-31-27)22-8-2-1-3-9-22/h1-14,19H,15-18,20H2. The molecule has 1 fully saturated rings. The number of hydrogen-bond donors (Lipinski definition) is 0. The highest BCUT2D eigenvalue weighted by Crippen LogP contribution is 2.24. The summed E-state index contributed by atoms with van der Waals surface area (Å²) in [6.45, 7) is 2.35. The van der Waals surface area contributed by atoms with Crippen molar-refractivity contribution in [3.63, 3.8) is 0 Å². The van der Waals surface area contributed by atoms with E-state index in [0.29, 0.717) is 43.2 Å². The molecule has 1 aromatic heterocycles. The summed E-state index contributed by atoms with van der Waals surface area (Å²) in [4.78, 5) is 17.0. The molecule has 4 aromatic rings. The van der Waals surface area contributed by atoms with Gasteiger partial charge in [0.05, 0.1) is 11.4 Å². The third-order valence-electron chi connectivity index (χ3n) is 6.03. The lowest BCUT2D eigenvalue weighted by atomic mass is 10.1. The minimum absolute atomic E-state index is 0.0111. The van der Waals surface area contributed by atoms with E-state index in [9.17, 15) is 9.18 Å². The highest BCUT2D eigenvalue weighted by molar-refractivity contribution is 7.98. The van der Waals surface area contributed by atoms with Crippen LogP contribution in [0, 0.1) is 5.82 Å². The Morgan fingerprint density at radius 3 is 2.34 bits per heavy atom. The van der Waals surface area contributed by atoms with Gasteiger partial charge in [-0.15, -0.1) is 10.2 Å². The molecule has 1 saturated heterocycles. The number of thioether (sulfide) groups is 1. The van der Waals surface area contributed by atoms with Crippen LogP contribution < -0.4 is 4.90 Å². The van der Waals surface area contributed by atoms with E-state index in [4.69, 9.17) is 0 Å². The zero-order valence-corrected chi connectivity index (χ0v) is 20.0. The van der Waals surface area contributed by atoms with Crippen molar-refractivity contribution in [2.75, 3.05) is 31.1 Å². The number of amides is 1.